The van der Waals surface area contributed by atoms with Gasteiger partial charge in [0, 0.05) is 30.5 Å². The van der Waals surface area contributed by atoms with Gasteiger partial charge >= 0.3 is 0 Å². The Labute approximate surface area is 116 Å². The van der Waals surface area contributed by atoms with E-state index in [2.05, 4.69) is 22.5 Å². The van der Waals surface area contributed by atoms with Gasteiger partial charge in [-0.15, -0.1) is 0 Å². The molecule has 1 saturated heterocycles. The second-order valence-electron chi connectivity index (χ2n) is 6.24. The van der Waals surface area contributed by atoms with Gasteiger partial charge in [-0.05, 0) is 63.7 Å². The fourth-order valence-corrected chi connectivity index (χ4v) is 3.74. The first-order valence-electron chi connectivity index (χ1n) is 7.92. The largest absolute Gasteiger partial charge is 0.347 e. The lowest BCUT2D eigenvalue weighted by Gasteiger charge is -2.28. The Morgan fingerprint density at radius 3 is 2.74 bits per heavy atom. The molecule has 0 amide bonds. The van der Waals surface area contributed by atoms with Gasteiger partial charge in [-0.1, -0.05) is 6.42 Å². The van der Waals surface area contributed by atoms with Crippen LogP contribution in [0.2, 0.25) is 0 Å². The number of rotatable bonds is 3. The molecule has 2 aliphatic rings. The lowest BCUT2D eigenvalue weighted by atomic mass is 9.93. The zero-order chi connectivity index (χ0) is 13.2. The van der Waals surface area contributed by atoms with E-state index in [-0.39, 0.29) is 6.04 Å². The quantitative estimate of drug-likeness (QED) is 0.907. The summed E-state index contributed by atoms with van der Waals surface area (Å²) in [5, 5.41) is 0. The molecule has 1 aliphatic carbocycles. The average Bonchev–Trinajstić information content (AvgIpc) is 2.75. The first-order chi connectivity index (χ1) is 9.25. The van der Waals surface area contributed by atoms with E-state index >= 15 is 0 Å². The molecule has 1 aliphatic heterocycles. The van der Waals surface area contributed by atoms with Crippen LogP contribution in [-0.2, 0) is 13.0 Å². The summed E-state index contributed by atoms with van der Waals surface area (Å²) in [5.41, 5.74) is 10.6. The Hall–Kier alpha value is -0.800. The third-order valence-corrected chi connectivity index (χ3v) is 4.87. The van der Waals surface area contributed by atoms with Gasteiger partial charge in [0.15, 0.2) is 0 Å². The number of piperidine rings is 1. The molecule has 3 rings (SSSR count). The molecular formula is C16H27N3. The fraction of sp³-hybridized carbons (Fsp3) is 0.750. The van der Waals surface area contributed by atoms with Crippen LogP contribution in [0.25, 0.3) is 0 Å². The highest BCUT2D eigenvalue weighted by atomic mass is 15.2. The highest BCUT2D eigenvalue weighted by Gasteiger charge is 2.22. The third-order valence-electron chi connectivity index (χ3n) is 4.87. The summed E-state index contributed by atoms with van der Waals surface area (Å²) in [6, 6.07) is 2.61. The maximum atomic E-state index is 6.24. The van der Waals surface area contributed by atoms with Crippen molar-refractivity contribution in [1.82, 2.24) is 9.47 Å². The first kappa shape index (κ1) is 13.2. The molecule has 106 valence electrons. The predicted molar refractivity (Wildman–Crippen MR) is 79.3 cm³/mol. The van der Waals surface area contributed by atoms with Crippen molar-refractivity contribution in [2.24, 2.45) is 5.73 Å². The zero-order valence-corrected chi connectivity index (χ0v) is 12.2. The molecule has 1 unspecified atom stereocenters. The number of aromatic nitrogens is 1. The van der Waals surface area contributed by atoms with Crippen LogP contribution < -0.4 is 5.73 Å². The molecule has 2 N–H and O–H groups in total. The summed E-state index contributed by atoms with van der Waals surface area (Å²) in [6.45, 7) is 7.18. The maximum absolute atomic E-state index is 6.24. The van der Waals surface area contributed by atoms with E-state index in [0.717, 1.165) is 13.0 Å². The minimum absolute atomic E-state index is 0.277. The topological polar surface area (TPSA) is 34.2 Å². The molecule has 3 heteroatoms. The SMILES string of the molecule is Cc1cc2c(n1CCN1CCCCC1)CCCC2N. The van der Waals surface area contributed by atoms with Crippen LogP contribution in [0.1, 0.15) is 55.1 Å². The molecule has 1 fully saturated rings. The second kappa shape index (κ2) is 5.68. The molecule has 1 aromatic rings. The van der Waals surface area contributed by atoms with Crippen molar-refractivity contribution in [3.05, 3.63) is 23.0 Å². The number of nitrogens with zero attached hydrogens (tertiary/aromatic N) is 2. The van der Waals surface area contributed by atoms with Gasteiger partial charge in [-0.25, -0.2) is 0 Å². The summed E-state index contributed by atoms with van der Waals surface area (Å²) in [5.74, 6) is 0. The van der Waals surface area contributed by atoms with Crippen LogP contribution in [0.4, 0.5) is 0 Å². The van der Waals surface area contributed by atoms with Gasteiger partial charge in [-0.3, -0.25) is 0 Å². The lowest BCUT2D eigenvalue weighted by Crippen LogP contribution is -2.33. The summed E-state index contributed by atoms with van der Waals surface area (Å²) < 4.78 is 2.53. The number of hydrogen-bond acceptors (Lipinski definition) is 2. The van der Waals surface area contributed by atoms with E-state index < -0.39 is 0 Å². The fourth-order valence-electron chi connectivity index (χ4n) is 3.74. The highest BCUT2D eigenvalue weighted by Crippen LogP contribution is 2.30. The second-order valence-corrected chi connectivity index (χ2v) is 6.24. The van der Waals surface area contributed by atoms with Crippen molar-refractivity contribution in [3.63, 3.8) is 0 Å². The Balaban J connectivity index is 1.70. The van der Waals surface area contributed by atoms with Crippen LogP contribution in [-0.4, -0.2) is 29.1 Å². The molecule has 19 heavy (non-hydrogen) atoms. The number of aryl methyl sites for hydroxylation is 1. The van der Waals surface area contributed by atoms with Gasteiger partial charge in [-0.2, -0.15) is 0 Å². The van der Waals surface area contributed by atoms with E-state index in [1.54, 1.807) is 0 Å². The van der Waals surface area contributed by atoms with E-state index in [0.29, 0.717) is 0 Å². The van der Waals surface area contributed by atoms with Gasteiger partial charge in [0.25, 0.3) is 0 Å². The third kappa shape index (κ3) is 2.72. The molecule has 0 spiro atoms. The van der Waals surface area contributed by atoms with Crippen molar-refractivity contribution in [2.45, 2.75) is 58.0 Å². The minimum atomic E-state index is 0.277. The van der Waals surface area contributed by atoms with Crippen LogP contribution in [0.15, 0.2) is 6.07 Å². The van der Waals surface area contributed by atoms with E-state index in [4.69, 9.17) is 5.73 Å². The van der Waals surface area contributed by atoms with Crippen molar-refractivity contribution in [3.8, 4) is 0 Å². The van der Waals surface area contributed by atoms with Crippen LogP contribution in [0, 0.1) is 6.92 Å². The molecule has 1 atom stereocenters. The van der Waals surface area contributed by atoms with Crippen LogP contribution >= 0.6 is 0 Å². The monoisotopic (exact) mass is 261 g/mol. The van der Waals surface area contributed by atoms with Crippen molar-refractivity contribution in [2.75, 3.05) is 19.6 Å². The van der Waals surface area contributed by atoms with Gasteiger partial charge in [0.1, 0.15) is 0 Å². The molecule has 2 heterocycles. The Morgan fingerprint density at radius 1 is 1.16 bits per heavy atom. The van der Waals surface area contributed by atoms with E-state index in [9.17, 15) is 0 Å². The molecule has 1 aromatic heterocycles. The van der Waals surface area contributed by atoms with E-state index in [1.165, 1.54) is 68.7 Å². The molecule has 0 radical (unpaired) electrons. The number of likely N-dealkylation sites (tertiary alicyclic amines) is 1. The molecular weight excluding hydrogens is 234 g/mol. The molecule has 3 nitrogen and oxygen atoms in total. The Kier molecular flexibility index (Phi) is 3.94. The maximum Gasteiger partial charge on any atom is 0.0352 e. The highest BCUT2D eigenvalue weighted by molar-refractivity contribution is 5.32. The minimum Gasteiger partial charge on any atom is -0.347 e. The predicted octanol–water partition coefficient (Wildman–Crippen LogP) is 2.62. The van der Waals surface area contributed by atoms with Crippen molar-refractivity contribution < 1.29 is 0 Å². The Morgan fingerprint density at radius 2 is 1.95 bits per heavy atom. The Bertz CT molecular complexity index is 429. The molecule has 0 aromatic carbocycles. The summed E-state index contributed by atoms with van der Waals surface area (Å²) in [7, 11) is 0. The van der Waals surface area contributed by atoms with E-state index in [1.807, 2.05) is 0 Å². The summed E-state index contributed by atoms with van der Waals surface area (Å²) >= 11 is 0. The summed E-state index contributed by atoms with van der Waals surface area (Å²) in [6.07, 6.45) is 7.81. The van der Waals surface area contributed by atoms with Crippen LogP contribution in [0.3, 0.4) is 0 Å². The van der Waals surface area contributed by atoms with Gasteiger partial charge in [0.2, 0.25) is 0 Å². The number of hydrogen-bond donors (Lipinski definition) is 1. The number of fused-ring (bicyclic) bond motifs is 1. The van der Waals surface area contributed by atoms with Crippen molar-refractivity contribution >= 4 is 0 Å². The normalized spacial score (nSPS) is 24.4. The van der Waals surface area contributed by atoms with Crippen LogP contribution in [0.5, 0.6) is 0 Å². The average molecular weight is 261 g/mol. The summed E-state index contributed by atoms with van der Waals surface area (Å²) in [4.78, 5) is 2.62. The van der Waals surface area contributed by atoms with Crippen molar-refractivity contribution in [1.29, 1.82) is 0 Å². The molecule has 0 saturated carbocycles. The standard InChI is InChI=1S/C16H27N3/c1-13-12-14-15(17)6-5-7-16(14)19(13)11-10-18-8-3-2-4-9-18/h12,15H,2-11,17H2,1H3. The van der Waals surface area contributed by atoms with Gasteiger partial charge in [0.05, 0.1) is 0 Å². The first-order valence-corrected chi connectivity index (χ1v) is 7.92. The zero-order valence-electron chi connectivity index (χ0n) is 12.2. The molecule has 0 bridgehead atoms. The smallest absolute Gasteiger partial charge is 0.0352 e. The number of nitrogens with two attached hydrogens (primary N) is 1. The lowest BCUT2D eigenvalue weighted by molar-refractivity contribution is 0.219. The van der Waals surface area contributed by atoms with Gasteiger partial charge < -0.3 is 15.2 Å².